The van der Waals surface area contributed by atoms with Gasteiger partial charge in [-0.2, -0.15) is 0 Å². The molecule has 1 aliphatic rings. The Morgan fingerprint density at radius 1 is 0.706 bits per heavy atom. The maximum absolute atomic E-state index is 2.39. The first kappa shape index (κ1) is 10.6. The first-order valence-corrected chi connectivity index (χ1v) is 6.40. The van der Waals surface area contributed by atoms with E-state index >= 15 is 0 Å². The lowest BCUT2D eigenvalue weighted by molar-refractivity contribution is 0.961. The Bertz CT molecular complexity index is 564. The van der Waals surface area contributed by atoms with Crippen molar-refractivity contribution < 1.29 is 0 Å². The van der Waals surface area contributed by atoms with Crippen molar-refractivity contribution in [1.82, 2.24) is 0 Å². The zero-order valence-electron chi connectivity index (χ0n) is 10.6. The molecule has 0 aromatic heterocycles. The molecule has 17 heavy (non-hydrogen) atoms. The van der Waals surface area contributed by atoms with Crippen LogP contribution in [-0.2, 0) is 19.3 Å². The lowest BCUT2D eigenvalue weighted by Crippen LogP contribution is -1.95. The van der Waals surface area contributed by atoms with Gasteiger partial charge in [-0.05, 0) is 66.5 Å². The zero-order valence-corrected chi connectivity index (χ0v) is 10.6. The maximum Gasteiger partial charge on any atom is -0.00202 e. The molecule has 0 saturated heterocycles. The third-order valence-electron chi connectivity index (χ3n) is 3.98. The van der Waals surface area contributed by atoms with Crippen LogP contribution in [0.2, 0.25) is 0 Å². The molecule has 0 radical (unpaired) electrons. The summed E-state index contributed by atoms with van der Waals surface area (Å²) in [7, 11) is 0. The number of hydrogen-bond donors (Lipinski definition) is 0. The Morgan fingerprint density at radius 2 is 1.29 bits per heavy atom. The molecular weight excluding hydrogens is 204 g/mol. The third-order valence-corrected chi connectivity index (χ3v) is 3.98. The summed E-state index contributed by atoms with van der Waals surface area (Å²) in [5.41, 5.74) is 8.95. The van der Waals surface area contributed by atoms with Gasteiger partial charge >= 0.3 is 0 Å². The summed E-state index contributed by atoms with van der Waals surface area (Å²) in [6.45, 7) is 4.43. The summed E-state index contributed by atoms with van der Waals surface area (Å²) < 4.78 is 0. The molecule has 3 rings (SSSR count). The Hall–Kier alpha value is -1.56. The van der Waals surface area contributed by atoms with Crippen molar-refractivity contribution in [3.8, 4) is 0 Å². The Balaban J connectivity index is 2.11. The average molecular weight is 222 g/mol. The second-order valence-electron chi connectivity index (χ2n) is 5.15. The SMILES string of the molecule is Cc1cc2c(cc1C)Cc1ccccc1CC2. The number of benzene rings is 2. The Morgan fingerprint density at radius 3 is 2.06 bits per heavy atom. The fourth-order valence-corrected chi connectivity index (χ4v) is 2.78. The second kappa shape index (κ2) is 4.03. The molecular formula is C17H18. The summed E-state index contributed by atoms with van der Waals surface area (Å²) in [4.78, 5) is 0. The summed E-state index contributed by atoms with van der Waals surface area (Å²) in [5.74, 6) is 0. The second-order valence-corrected chi connectivity index (χ2v) is 5.15. The molecule has 2 aromatic rings. The van der Waals surface area contributed by atoms with Crippen LogP contribution in [0.5, 0.6) is 0 Å². The molecule has 0 heterocycles. The van der Waals surface area contributed by atoms with E-state index in [1.807, 2.05) is 0 Å². The molecule has 1 aliphatic carbocycles. The zero-order chi connectivity index (χ0) is 11.8. The molecule has 0 N–H and O–H groups in total. The van der Waals surface area contributed by atoms with Crippen LogP contribution in [0.4, 0.5) is 0 Å². The summed E-state index contributed by atoms with van der Waals surface area (Å²) in [5, 5.41) is 0. The van der Waals surface area contributed by atoms with Crippen LogP contribution in [0, 0.1) is 13.8 Å². The minimum Gasteiger partial charge on any atom is -0.0620 e. The van der Waals surface area contributed by atoms with E-state index in [0.29, 0.717) is 0 Å². The van der Waals surface area contributed by atoms with E-state index < -0.39 is 0 Å². The fraction of sp³-hybridized carbons (Fsp3) is 0.294. The first-order chi connectivity index (χ1) is 8.24. The van der Waals surface area contributed by atoms with Gasteiger partial charge in [0, 0.05) is 0 Å². The van der Waals surface area contributed by atoms with E-state index in [0.717, 1.165) is 6.42 Å². The molecule has 0 saturated carbocycles. The number of hydrogen-bond acceptors (Lipinski definition) is 0. The molecule has 0 heteroatoms. The molecule has 0 spiro atoms. The van der Waals surface area contributed by atoms with Crippen molar-refractivity contribution in [2.45, 2.75) is 33.1 Å². The Kier molecular flexibility index (Phi) is 2.51. The van der Waals surface area contributed by atoms with E-state index in [2.05, 4.69) is 50.2 Å². The average Bonchev–Trinajstić information content (AvgIpc) is 2.49. The van der Waals surface area contributed by atoms with Gasteiger partial charge in [-0.15, -0.1) is 0 Å². The van der Waals surface area contributed by atoms with Gasteiger partial charge in [0.1, 0.15) is 0 Å². The molecule has 0 nitrogen and oxygen atoms in total. The predicted molar refractivity (Wildman–Crippen MR) is 72.6 cm³/mol. The van der Waals surface area contributed by atoms with Crippen molar-refractivity contribution in [1.29, 1.82) is 0 Å². The van der Waals surface area contributed by atoms with Crippen LogP contribution in [0.15, 0.2) is 36.4 Å². The van der Waals surface area contributed by atoms with Gasteiger partial charge in [0.25, 0.3) is 0 Å². The van der Waals surface area contributed by atoms with E-state index in [1.54, 1.807) is 5.56 Å². The van der Waals surface area contributed by atoms with Gasteiger partial charge in [-0.25, -0.2) is 0 Å². The largest absolute Gasteiger partial charge is 0.0620 e. The van der Waals surface area contributed by atoms with Crippen LogP contribution in [0.3, 0.4) is 0 Å². The van der Waals surface area contributed by atoms with E-state index in [4.69, 9.17) is 0 Å². The van der Waals surface area contributed by atoms with Crippen LogP contribution in [0.25, 0.3) is 0 Å². The van der Waals surface area contributed by atoms with Gasteiger partial charge in [0.05, 0.1) is 0 Å². The summed E-state index contributed by atoms with van der Waals surface area (Å²) in [6, 6.07) is 13.6. The highest BCUT2D eigenvalue weighted by Crippen LogP contribution is 2.26. The van der Waals surface area contributed by atoms with Gasteiger partial charge in [0.2, 0.25) is 0 Å². The predicted octanol–water partition coefficient (Wildman–Crippen LogP) is 3.99. The fourth-order valence-electron chi connectivity index (χ4n) is 2.78. The Labute approximate surface area is 103 Å². The van der Waals surface area contributed by atoms with Crippen molar-refractivity contribution in [2.24, 2.45) is 0 Å². The molecule has 0 amide bonds. The highest BCUT2D eigenvalue weighted by atomic mass is 14.2. The van der Waals surface area contributed by atoms with Gasteiger partial charge in [-0.3, -0.25) is 0 Å². The topological polar surface area (TPSA) is 0 Å². The van der Waals surface area contributed by atoms with Crippen LogP contribution < -0.4 is 0 Å². The standard InChI is InChI=1S/C17H18/c1-12-9-16-8-7-14-5-3-4-6-15(14)11-17(16)10-13(12)2/h3-6,9-10H,7-8,11H2,1-2H3. The smallest absolute Gasteiger partial charge is 0.00202 e. The molecule has 2 aromatic carbocycles. The highest BCUT2D eigenvalue weighted by Gasteiger charge is 2.13. The van der Waals surface area contributed by atoms with Crippen molar-refractivity contribution in [3.63, 3.8) is 0 Å². The summed E-state index contributed by atoms with van der Waals surface area (Å²) >= 11 is 0. The van der Waals surface area contributed by atoms with Gasteiger partial charge in [-0.1, -0.05) is 36.4 Å². The normalized spacial score (nSPS) is 13.8. The van der Waals surface area contributed by atoms with E-state index in [1.165, 1.54) is 40.7 Å². The van der Waals surface area contributed by atoms with Gasteiger partial charge < -0.3 is 0 Å². The van der Waals surface area contributed by atoms with Crippen LogP contribution in [-0.4, -0.2) is 0 Å². The van der Waals surface area contributed by atoms with Crippen molar-refractivity contribution in [2.75, 3.05) is 0 Å². The number of rotatable bonds is 0. The molecule has 0 fully saturated rings. The van der Waals surface area contributed by atoms with Crippen molar-refractivity contribution >= 4 is 0 Å². The highest BCUT2D eigenvalue weighted by molar-refractivity contribution is 5.44. The van der Waals surface area contributed by atoms with E-state index in [9.17, 15) is 0 Å². The monoisotopic (exact) mass is 222 g/mol. The third kappa shape index (κ3) is 1.88. The van der Waals surface area contributed by atoms with Crippen molar-refractivity contribution in [3.05, 3.63) is 69.8 Å². The molecule has 0 unspecified atom stereocenters. The number of aryl methyl sites for hydroxylation is 4. The van der Waals surface area contributed by atoms with E-state index in [-0.39, 0.29) is 0 Å². The molecule has 0 aliphatic heterocycles. The maximum atomic E-state index is 2.39. The first-order valence-electron chi connectivity index (χ1n) is 6.40. The lowest BCUT2D eigenvalue weighted by atomic mass is 9.96. The summed E-state index contributed by atoms with van der Waals surface area (Å²) in [6.07, 6.45) is 3.48. The minimum absolute atomic E-state index is 1.10. The minimum atomic E-state index is 1.10. The van der Waals surface area contributed by atoms with Crippen LogP contribution in [0.1, 0.15) is 33.4 Å². The lowest BCUT2D eigenvalue weighted by Gasteiger charge is -2.09. The molecule has 86 valence electrons. The quantitative estimate of drug-likeness (QED) is 0.632. The van der Waals surface area contributed by atoms with Crippen LogP contribution >= 0.6 is 0 Å². The van der Waals surface area contributed by atoms with Gasteiger partial charge in [0.15, 0.2) is 0 Å². The number of fused-ring (bicyclic) bond motifs is 2. The molecule has 0 atom stereocenters. The molecule has 0 bridgehead atoms.